The highest BCUT2D eigenvalue weighted by Gasteiger charge is 2.03. The van der Waals surface area contributed by atoms with Crippen molar-refractivity contribution in [3.63, 3.8) is 0 Å². The van der Waals surface area contributed by atoms with Crippen molar-refractivity contribution in [3.8, 4) is 0 Å². The first-order chi connectivity index (χ1) is 8.19. The second-order valence-corrected chi connectivity index (χ2v) is 5.59. The molecule has 0 aromatic carbocycles. The second-order valence-electron chi connectivity index (χ2n) is 4.56. The van der Waals surface area contributed by atoms with Gasteiger partial charge in [-0.05, 0) is 36.8 Å². The lowest BCUT2D eigenvalue weighted by Gasteiger charge is -2.05. The maximum atomic E-state index is 5.60. The van der Waals surface area contributed by atoms with Crippen molar-refractivity contribution in [3.05, 3.63) is 35.8 Å². The molecule has 0 bridgehead atoms. The molecule has 4 heteroatoms. The number of imidazole rings is 1. The van der Waals surface area contributed by atoms with Crippen molar-refractivity contribution in [1.82, 2.24) is 9.38 Å². The van der Waals surface area contributed by atoms with Gasteiger partial charge in [0.1, 0.15) is 5.65 Å². The van der Waals surface area contributed by atoms with Crippen LogP contribution < -0.4 is 5.73 Å². The van der Waals surface area contributed by atoms with E-state index in [1.807, 2.05) is 11.8 Å². The largest absolute Gasteiger partial charge is 0.330 e. The zero-order valence-corrected chi connectivity index (χ0v) is 11.2. The lowest BCUT2D eigenvalue weighted by atomic mass is 10.2. The molecule has 0 saturated heterocycles. The summed E-state index contributed by atoms with van der Waals surface area (Å²) in [6, 6.07) is 4.15. The van der Waals surface area contributed by atoms with Crippen LogP contribution in [0.2, 0.25) is 0 Å². The lowest BCUT2D eigenvalue weighted by molar-refractivity contribution is 0.675. The molecule has 0 amide bonds. The Hall–Kier alpha value is -1.00. The zero-order valence-electron chi connectivity index (χ0n) is 10.4. The molecule has 0 aliphatic carbocycles. The number of nitrogens with zero attached hydrogens (tertiary/aromatic N) is 2. The molecule has 0 saturated carbocycles. The summed E-state index contributed by atoms with van der Waals surface area (Å²) >= 11 is 1.90. The molecule has 3 nitrogen and oxygen atoms in total. The first-order valence-electron chi connectivity index (χ1n) is 5.91. The van der Waals surface area contributed by atoms with Crippen LogP contribution in [0.1, 0.15) is 18.2 Å². The van der Waals surface area contributed by atoms with E-state index in [2.05, 4.69) is 47.8 Å². The van der Waals surface area contributed by atoms with Crippen LogP contribution in [-0.2, 0) is 5.75 Å². The van der Waals surface area contributed by atoms with Crippen LogP contribution >= 0.6 is 11.8 Å². The monoisotopic (exact) mass is 249 g/mol. The molecular formula is C13H19N3S. The first kappa shape index (κ1) is 12.5. The van der Waals surface area contributed by atoms with E-state index in [1.54, 1.807) is 0 Å². The molecule has 92 valence electrons. The van der Waals surface area contributed by atoms with E-state index < -0.39 is 0 Å². The molecular weight excluding hydrogens is 230 g/mol. The Labute approximate surface area is 106 Å². The predicted octanol–water partition coefficient (Wildman–Crippen LogP) is 2.47. The third-order valence-corrected chi connectivity index (χ3v) is 4.01. The van der Waals surface area contributed by atoms with Gasteiger partial charge in [-0.25, -0.2) is 4.98 Å². The highest BCUT2D eigenvalue weighted by Crippen LogP contribution is 2.15. The summed E-state index contributed by atoms with van der Waals surface area (Å²) in [5.41, 5.74) is 9.02. The van der Waals surface area contributed by atoms with E-state index in [9.17, 15) is 0 Å². The molecule has 1 atom stereocenters. The third kappa shape index (κ3) is 3.23. The van der Waals surface area contributed by atoms with Crippen LogP contribution in [0.3, 0.4) is 0 Å². The Morgan fingerprint density at radius 2 is 2.24 bits per heavy atom. The van der Waals surface area contributed by atoms with Crippen LogP contribution in [0.15, 0.2) is 24.5 Å². The molecule has 2 N–H and O–H groups in total. The van der Waals surface area contributed by atoms with E-state index in [0.717, 1.165) is 29.4 Å². The van der Waals surface area contributed by atoms with Gasteiger partial charge in [-0.3, -0.25) is 0 Å². The fourth-order valence-electron chi connectivity index (χ4n) is 1.66. The van der Waals surface area contributed by atoms with Gasteiger partial charge in [0, 0.05) is 18.1 Å². The molecule has 1 unspecified atom stereocenters. The summed E-state index contributed by atoms with van der Waals surface area (Å²) in [6.45, 7) is 5.04. The summed E-state index contributed by atoms with van der Waals surface area (Å²) < 4.78 is 2.09. The van der Waals surface area contributed by atoms with Gasteiger partial charge in [0.05, 0.1) is 5.69 Å². The number of aromatic nitrogens is 2. The molecule has 0 fully saturated rings. The van der Waals surface area contributed by atoms with Gasteiger partial charge in [-0.1, -0.05) is 13.0 Å². The number of fused-ring (bicyclic) bond motifs is 1. The van der Waals surface area contributed by atoms with Gasteiger partial charge in [-0.2, -0.15) is 11.8 Å². The number of hydrogen-bond acceptors (Lipinski definition) is 3. The van der Waals surface area contributed by atoms with Crippen LogP contribution in [-0.4, -0.2) is 21.7 Å². The minimum Gasteiger partial charge on any atom is -0.330 e. The Kier molecular flexibility index (Phi) is 4.07. The third-order valence-electron chi connectivity index (χ3n) is 2.70. The summed E-state index contributed by atoms with van der Waals surface area (Å²) in [4.78, 5) is 4.59. The average molecular weight is 249 g/mol. The predicted molar refractivity (Wildman–Crippen MR) is 74.3 cm³/mol. The standard InChI is InChI=1S/C13H19N3S/c1-10-3-4-13-15-12(7-16(13)6-10)9-17-8-11(2)5-14/h3-4,6-7,11H,5,8-9,14H2,1-2H3. The molecule has 2 heterocycles. The lowest BCUT2D eigenvalue weighted by Crippen LogP contribution is -2.12. The van der Waals surface area contributed by atoms with Crippen molar-refractivity contribution < 1.29 is 0 Å². The van der Waals surface area contributed by atoms with Crippen molar-refractivity contribution in [2.75, 3.05) is 12.3 Å². The molecule has 0 spiro atoms. The van der Waals surface area contributed by atoms with E-state index in [1.165, 1.54) is 5.56 Å². The molecule has 2 aromatic heterocycles. The molecule has 0 radical (unpaired) electrons. The van der Waals surface area contributed by atoms with Gasteiger partial charge >= 0.3 is 0 Å². The zero-order chi connectivity index (χ0) is 12.3. The molecule has 0 aliphatic rings. The van der Waals surface area contributed by atoms with Gasteiger partial charge in [0.25, 0.3) is 0 Å². The van der Waals surface area contributed by atoms with Crippen molar-refractivity contribution in [2.45, 2.75) is 19.6 Å². The van der Waals surface area contributed by atoms with Crippen molar-refractivity contribution in [2.24, 2.45) is 11.7 Å². The Morgan fingerprint density at radius 3 is 3.00 bits per heavy atom. The van der Waals surface area contributed by atoms with E-state index in [-0.39, 0.29) is 0 Å². The number of nitrogens with two attached hydrogens (primary N) is 1. The topological polar surface area (TPSA) is 43.3 Å². The van der Waals surface area contributed by atoms with Crippen molar-refractivity contribution >= 4 is 17.4 Å². The second kappa shape index (κ2) is 5.56. The number of rotatable bonds is 5. The van der Waals surface area contributed by atoms with Crippen molar-refractivity contribution in [1.29, 1.82) is 0 Å². The Balaban J connectivity index is 1.99. The minimum atomic E-state index is 0.583. The van der Waals surface area contributed by atoms with Gasteiger partial charge in [0.15, 0.2) is 0 Å². The van der Waals surface area contributed by atoms with E-state index >= 15 is 0 Å². The summed E-state index contributed by atoms with van der Waals surface area (Å²) in [5, 5.41) is 0. The highest BCUT2D eigenvalue weighted by molar-refractivity contribution is 7.98. The van der Waals surface area contributed by atoms with E-state index in [0.29, 0.717) is 5.92 Å². The number of thioether (sulfide) groups is 1. The molecule has 17 heavy (non-hydrogen) atoms. The average Bonchev–Trinajstić information content (AvgIpc) is 2.70. The van der Waals surface area contributed by atoms with Crippen LogP contribution in [0, 0.1) is 12.8 Å². The Morgan fingerprint density at radius 1 is 1.41 bits per heavy atom. The number of hydrogen-bond donors (Lipinski definition) is 1. The molecule has 0 aliphatic heterocycles. The van der Waals surface area contributed by atoms with Crippen LogP contribution in [0.4, 0.5) is 0 Å². The smallest absolute Gasteiger partial charge is 0.137 e. The highest BCUT2D eigenvalue weighted by atomic mass is 32.2. The SMILES string of the molecule is Cc1ccc2nc(CSCC(C)CN)cn2c1. The maximum Gasteiger partial charge on any atom is 0.137 e. The minimum absolute atomic E-state index is 0.583. The van der Waals surface area contributed by atoms with E-state index in [4.69, 9.17) is 5.73 Å². The van der Waals surface area contributed by atoms with Gasteiger partial charge in [-0.15, -0.1) is 0 Å². The fraction of sp³-hybridized carbons (Fsp3) is 0.462. The number of pyridine rings is 1. The van der Waals surface area contributed by atoms with Gasteiger partial charge in [0.2, 0.25) is 0 Å². The summed E-state index contributed by atoms with van der Waals surface area (Å²) in [6.07, 6.45) is 4.22. The maximum absolute atomic E-state index is 5.60. The van der Waals surface area contributed by atoms with Crippen LogP contribution in [0.25, 0.3) is 5.65 Å². The van der Waals surface area contributed by atoms with Crippen LogP contribution in [0.5, 0.6) is 0 Å². The molecule has 2 aromatic rings. The Bertz CT molecular complexity index is 492. The number of aryl methyl sites for hydroxylation is 1. The quantitative estimate of drug-likeness (QED) is 0.885. The summed E-state index contributed by atoms with van der Waals surface area (Å²) in [5.74, 6) is 2.65. The summed E-state index contributed by atoms with van der Waals surface area (Å²) in [7, 11) is 0. The molecule has 2 rings (SSSR count). The normalized spacial score (nSPS) is 13.1. The fourth-order valence-corrected chi connectivity index (χ4v) is 2.66. The first-order valence-corrected chi connectivity index (χ1v) is 7.06. The van der Waals surface area contributed by atoms with Gasteiger partial charge < -0.3 is 10.1 Å².